The quantitative estimate of drug-likeness (QED) is 0.611. The topological polar surface area (TPSA) is 93.1 Å². The fourth-order valence-corrected chi connectivity index (χ4v) is 3.50. The smallest absolute Gasteiger partial charge is 0.331 e. The summed E-state index contributed by atoms with van der Waals surface area (Å²) in [7, 11) is 0. The van der Waals surface area contributed by atoms with E-state index in [9.17, 15) is 19.8 Å². The van der Waals surface area contributed by atoms with Crippen molar-refractivity contribution in [3.63, 3.8) is 0 Å². The highest BCUT2D eigenvalue weighted by Gasteiger charge is 2.51. The van der Waals surface area contributed by atoms with Crippen molar-refractivity contribution < 1.29 is 29.3 Å². The molecule has 0 spiro atoms. The minimum atomic E-state index is -1.37. The summed E-state index contributed by atoms with van der Waals surface area (Å²) in [4.78, 5) is 24.0. The summed E-state index contributed by atoms with van der Waals surface area (Å²) in [6.45, 7) is 4.50. The van der Waals surface area contributed by atoms with Crippen LogP contribution in [0.15, 0.2) is 53.6 Å². The highest BCUT2D eigenvalue weighted by atomic mass is 16.5. The fourth-order valence-electron chi connectivity index (χ4n) is 3.50. The molecule has 1 aromatic carbocycles. The number of allylic oxidation sites excluding steroid dienone is 2. The van der Waals surface area contributed by atoms with Crippen molar-refractivity contribution in [1.82, 2.24) is 0 Å². The molecule has 0 amide bonds. The van der Waals surface area contributed by atoms with Gasteiger partial charge in [0.25, 0.3) is 0 Å². The maximum absolute atomic E-state index is 12.3. The van der Waals surface area contributed by atoms with Gasteiger partial charge in [-0.3, -0.25) is 4.79 Å². The molecule has 1 aromatic rings. The first kappa shape index (κ1) is 20.9. The molecule has 0 radical (unpaired) electrons. The van der Waals surface area contributed by atoms with Gasteiger partial charge in [-0.25, -0.2) is 4.79 Å². The molecule has 0 heterocycles. The molecular weight excluding hydrogens is 348 g/mol. The molecule has 2 rings (SSSR count). The van der Waals surface area contributed by atoms with E-state index < -0.39 is 23.3 Å². The van der Waals surface area contributed by atoms with Gasteiger partial charge in [0, 0.05) is 24.7 Å². The molecule has 27 heavy (non-hydrogen) atoms. The Balaban J connectivity index is 2.20. The predicted molar refractivity (Wildman–Crippen MR) is 100 cm³/mol. The first-order chi connectivity index (χ1) is 12.9. The van der Waals surface area contributed by atoms with E-state index >= 15 is 0 Å². The van der Waals surface area contributed by atoms with Crippen molar-refractivity contribution >= 4 is 11.9 Å². The van der Waals surface area contributed by atoms with Gasteiger partial charge in [-0.15, -0.1) is 0 Å². The summed E-state index contributed by atoms with van der Waals surface area (Å²) in [5.41, 5.74) is 0.288. The highest BCUT2D eigenvalue weighted by Crippen LogP contribution is 2.46. The lowest BCUT2D eigenvalue weighted by molar-refractivity contribution is -0.152. The van der Waals surface area contributed by atoms with Crippen molar-refractivity contribution in [2.75, 3.05) is 19.8 Å². The maximum atomic E-state index is 12.3. The van der Waals surface area contributed by atoms with E-state index in [0.29, 0.717) is 18.8 Å². The van der Waals surface area contributed by atoms with Gasteiger partial charge in [0.15, 0.2) is 0 Å². The van der Waals surface area contributed by atoms with Crippen LogP contribution in [0.3, 0.4) is 0 Å². The van der Waals surface area contributed by atoms with Crippen molar-refractivity contribution in [1.29, 1.82) is 0 Å². The monoisotopic (exact) mass is 374 g/mol. The Bertz CT molecular complexity index is 721. The second-order valence-electron chi connectivity index (χ2n) is 6.55. The molecule has 0 fully saturated rings. The van der Waals surface area contributed by atoms with E-state index in [-0.39, 0.29) is 25.2 Å². The summed E-state index contributed by atoms with van der Waals surface area (Å²) >= 11 is 0. The van der Waals surface area contributed by atoms with Crippen molar-refractivity contribution in [3.05, 3.63) is 59.2 Å². The zero-order valence-corrected chi connectivity index (χ0v) is 15.7. The Kier molecular flexibility index (Phi) is 7.33. The Morgan fingerprint density at radius 2 is 1.81 bits per heavy atom. The number of aliphatic carboxylic acids is 2. The first-order valence-electron chi connectivity index (χ1n) is 8.98. The Morgan fingerprint density at radius 1 is 1.11 bits per heavy atom. The standard InChI is InChI=1S/C21H26O6/c1-3-26-14-18-17(19(22)23)10-9-15(2)21(18,20(24)25)11-12-27-13-16-7-5-4-6-8-16/h4-10,18H,3,11-14H2,1-2H3,(H,22,23)(H,24,25). The molecule has 1 aliphatic carbocycles. The maximum Gasteiger partial charge on any atom is 0.331 e. The van der Waals surface area contributed by atoms with Gasteiger partial charge < -0.3 is 19.7 Å². The van der Waals surface area contributed by atoms with Gasteiger partial charge in [0.1, 0.15) is 5.41 Å². The SMILES string of the molecule is CCOCC1C(C(=O)O)=CC=C(C)C1(CCOCc1ccccc1)C(=O)O. The van der Waals surface area contributed by atoms with Gasteiger partial charge >= 0.3 is 11.9 Å². The third kappa shape index (κ3) is 4.64. The second-order valence-corrected chi connectivity index (χ2v) is 6.55. The fraction of sp³-hybridized carbons (Fsp3) is 0.429. The molecule has 6 nitrogen and oxygen atoms in total. The van der Waals surface area contributed by atoms with Crippen molar-refractivity contribution in [2.24, 2.45) is 11.3 Å². The average molecular weight is 374 g/mol. The van der Waals surface area contributed by atoms with E-state index in [4.69, 9.17) is 9.47 Å². The second kappa shape index (κ2) is 9.48. The van der Waals surface area contributed by atoms with Crippen LogP contribution in [0.5, 0.6) is 0 Å². The lowest BCUT2D eigenvalue weighted by atomic mass is 9.63. The summed E-state index contributed by atoms with van der Waals surface area (Å²) in [6.07, 6.45) is 3.23. The third-order valence-electron chi connectivity index (χ3n) is 5.06. The van der Waals surface area contributed by atoms with E-state index in [2.05, 4.69) is 0 Å². The number of carboxylic acids is 2. The van der Waals surface area contributed by atoms with Crippen molar-refractivity contribution in [2.45, 2.75) is 26.9 Å². The normalized spacial score (nSPS) is 22.1. The average Bonchev–Trinajstić information content (AvgIpc) is 2.65. The first-order valence-corrected chi connectivity index (χ1v) is 8.98. The number of hydrogen-bond donors (Lipinski definition) is 2. The van der Waals surface area contributed by atoms with E-state index in [1.807, 2.05) is 30.3 Å². The molecule has 0 aromatic heterocycles. The largest absolute Gasteiger partial charge is 0.481 e. The molecule has 0 saturated carbocycles. The third-order valence-corrected chi connectivity index (χ3v) is 5.06. The number of carbonyl (C=O) groups is 2. The van der Waals surface area contributed by atoms with Crippen LogP contribution in [-0.4, -0.2) is 42.0 Å². The van der Waals surface area contributed by atoms with Gasteiger partial charge in [-0.2, -0.15) is 0 Å². The zero-order chi connectivity index (χ0) is 19.9. The van der Waals surface area contributed by atoms with Crippen LogP contribution >= 0.6 is 0 Å². The number of carboxylic acid groups (broad SMARTS) is 2. The Hall–Kier alpha value is -2.44. The summed E-state index contributed by atoms with van der Waals surface area (Å²) < 4.78 is 11.1. The zero-order valence-electron chi connectivity index (χ0n) is 15.7. The highest BCUT2D eigenvalue weighted by molar-refractivity contribution is 5.92. The number of benzene rings is 1. The lowest BCUT2D eigenvalue weighted by Gasteiger charge is -2.40. The van der Waals surface area contributed by atoms with Crippen LogP contribution in [0.25, 0.3) is 0 Å². The number of rotatable bonds is 10. The van der Waals surface area contributed by atoms with E-state index in [0.717, 1.165) is 5.56 Å². The van der Waals surface area contributed by atoms with Crippen LogP contribution in [0.4, 0.5) is 0 Å². The molecule has 2 atom stereocenters. The molecule has 6 heteroatoms. The van der Waals surface area contributed by atoms with Crippen LogP contribution in [-0.2, 0) is 25.7 Å². The van der Waals surface area contributed by atoms with Crippen LogP contribution in [0.1, 0.15) is 25.8 Å². The molecule has 2 unspecified atom stereocenters. The minimum absolute atomic E-state index is 0.0325. The molecule has 2 N–H and O–H groups in total. The lowest BCUT2D eigenvalue weighted by Crippen LogP contribution is -2.46. The van der Waals surface area contributed by atoms with Crippen molar-refractivity contribution in [3.8, 4) is 0 Å². The van der Waals surface area contributed by atoms with Crippen LogP contribution in [0, 0.1) is 11.3 Å². The van der Waals surface area contributed by atoms with Gasteiger partial charge in [-0.1, -0.05) is 48.1 Å². The summed E-state index contributed by atoms with van der Waals surface area (Å²) in [5.74, 6) is -2.96. The van der Waals surface area contributed by atoms with E-state index in [1.54, 1.807) is 19.9 Å². The van der Waals surface area contributed by atoms with E-state index in [1.165, 1.54) is 6.08 Å². The molecular formula is C21H26O6. The Labute approximate surface area is 159 Å². The molecule has 0 aliphatic heterocycles. The summed E-state index contributed by atoms with van der Waals surface area (Å²) in [5, 5.41) is 19.6. The van der Waals surface area contributed by atoms with Gasteiger partial charge in [0.2, 0.25) is 0 Å². The number of hydrogen-bond acceptors (Lipinski definition) is 4. The molecule has 0 saturated heterocycles. The predicted octanol–water partition coefficient (Wildman–Crippen LogP) is 3.29. The van der Waals surface area contributed by atoms with Gasteiger partial charge in [0.05, 0.1) is 13.2 Å². The Morgan fingerprint density at radius 3 is 2.41 bits per heavy atom. The molecule has 146 valence electrons. The minimum Gasteiger partial charge on any atom is -0.481 e. The van der Waals surface area contributed by atoms with Crippen LogP contribution < -0.4 is 0 Å². The van der Waals surface area contributed by atoms with Gasteiger partial charge in [-0.05, 0) is 25.8 Å². The summed E-state index contributed by atoms with van der Waals surface area (Å²) in [6, 6.07) is 9.60. The molecule has 1 aliphatic rings. The van der Waals surface area contributed by atoms with Crippen LogP contribution in [0.2, 0.25) is 0 Å². The number of ether oxygens (including phenoxy) is 2. The molecule has 0 bridgehead atoms.